The number of hydrogen-bond acceptors (Lipinski definition) is 5. The number of benzene rings is 1. The molecule has 0 saturated carbocycles. The van der Waals surface area contributed by atoms with Crippen LogP contribution in [0.3, 0.4) is 0 Å². The van der Waals surface area contributed by atoms with Crippen LogP contribution in [-0.4, -0.2) is 49.6 Å². The first-order valence-corrected chi connectivity index (χ1v) is 6.74. The molecule has 114 valence electrons. The Bertz CT molecular complexity index is 690. The normalized spacial score (nSPS) is 10.5. The van der Waals surface area contributed by atoms with Crippen molar-refractivity contribution in [3.8, 4) is 6.07 Å². The number of anilines is 3. The maximum absolute atomic E-state index is 9.30. The van der Waals surface area contributed by atoms with E-state index in [4.69, 9.17) is 0 Å². The lowest BCUT2D eigenvalue weighted by molar-refractivity contribution is 0.643. The quantitative estimate of drug-likeness (QED) is 0.653. The molecule has 0 bridgehead atoms. The largest absolute Gasteiger partial charge is 0.378 e. The molecule has 2 aromatic rings. The van der Waals surface area contributed by atoms with Crippen LogP contribution >= 0.6 is 0 Å². The van der Waals surface area contributed by atoms with Crippen molar-refractivity contribution in [3.05, 3.63) is 29.8 Å². The average Bonchev–Trinajstić information content (AvgIpc) is 2.87. The summed E-state index contributed by atoms with van der Waals surface area (Å²) in [6.07, 6.45) is 1.60. The maximum atomic E-state index is 9.30. The standard InChI is InChI=1S/C15H19N7/c1-21(2)10-17-14-13(9-16)15(20-19-14)18-11-5-7-12(8-6-11)22(3)4/h5-8,10H,1-4H3,(H2,18,19,20). The molecule has 7 heteroatoms. The first-order valence-electron chi connectivity index (χ1n) is 6.74. The van der Waals surface area contributed by atoms with Crippen molar-refractivity contribution in [1.82, 2.24) is 15.1 Å². The number of aromatic nitrogens is 2. The Morgan fingerprint density at radius 2 is 1.91 bits per heavy atom. The molecular weight excluding hydrogens is 278 g/mol. The fourth-order valence-electron chi connectivity index (χ4n) is 1.78. The molecular formula is C15H19N7. The lowest BCUT2D eigenvalue weighted by atomic mass is 10.2. The summed E-state index contributed by atoms with van der Waals surface area (Å²) in [4.78, 5) is 7.97. The number of aromatic amines is 1. The van der Waals surface area contributed by atoms with Gasteiger partial charge in [-0.05, 0) is 24.3 Å². The zero-order chi connectivity index (χ0) is 16.1. The Morgan fingerprint density at radius 3 is 2.45 bits per heavy atom. The van der Waals surface area contributed by atoms with Crippen LogP contribution in [0.5, 0.6) is 0 Å². The van der Waals surface area contributed by atoms with Crippen LogP contribution in [0.4, 0.5) is 23.0 Å². The fourth-order valence-corrected chi connectivity index (χ4v) is 1.78. The molecule has 0 spiro atoms. The smallest absolute Gasteiger partial charge is 0.195 e. The minimum absolute atomic E-state index is 0.364. The molecule has 1 heterocycles. The van der Waals surface area contributed by atoms with E-state index in [0.717, 1.165) is 11.4 Å². The van der Waals surface area contributed by atoms with Crippen LogP contribution in [0, 0.1) is 11.3 Å². The van der Waals surface area contributed by atoms with E-state index in [9.17, 15) is 5.26 Å². The zero-order valence-corrected chi connectivity index (χ0v) is 13.1. The summed E-state index contributed by atoms with van der Waals surface area (Å²) in [5, 5.41) is 19.3. The molecule has 0 aliphatic heterocycles. The summed E-state index contributed by atoms with van der Waals surface area (Å²) in [7, 11) is 7.68. The van der Waals surface area contributed by atoms with E-state index < -0.39 is 0 Å². The highest BCUT2D eigenvalue weighted by atomic mass is 15.2. The van der Waals surface area contributed by atoms with Crippen molar-refractivity contribution < 1.29 is 0 Å². The second kappa shape index (κ2) is 6.63. The molecule has 0 fully saturated rings. The van der Waals surface area contributed by atoms with Gasteiger partial charge in [-0.3, -0.25) is 5.10 Å². The second-order valence-corrected chi connectivity index (χ2v) is 5.18. The van der Waals surface area contributed by atoms with Gasteiger partial charge in [0.1, 0.15) is 17.5 Å². The van der Waals surface area contributed by atoms with Gasteiger partial charge >= 0.3 is 0 Å². The lowest BCUT2D eigenvalue weighted by Gasteiger charge is -2.13. The van der Waals surface area contributed by atoms with Crippen LogP contribution in [0.15, 0.2) is 29.3 Å². The number of rotatable bonds is 5. The Kier molecular flexibility index (Phi) is 4.63. The summed E-state index contributed by atoms with van der Waals surface area (Å²) in [6.45, 7) is 0. The van der Waals surface area contributed by atoms with Crippen LogP contribution in [0.1, 0.15) is 5.56 Å². The summed E-state index contributed by atoms with van der Waals surface area (Å²) < 4.78 is 0. The summed E-state index contributed by atoms with van der Waals surface area (Å²) >= 11 is 0. The summed E-state index contributed by atoms with van der Waals surface area (Å²) in [5.74, 6) is 0.898. The van der Waals surface area contributed by atoms with Gasteiger partial charge in [-0.2, -0.15) is 10.4 Å². The number of nitriles is 1. The Morgan fingerprint density at radius 1 is 1.23 bits per heavy atom. The van der Waals surface area contributed by atoms with Crippen molar-refractivity contribution in [1.29, 1.82) is 5.26 Å². The number of aliphatic imine (C=N–C) groups is 1. The predicted molar refractivity (Wildman–Crippen MR) is 89.2 cm³/mol. The molecule has 0 saturated heterocycles. The van der Waals surface area contributed by atoms with Gasteiger partial charge in [0.15, 0.2) is 5.82 Å². The molecule has 2 rings (SSSR count). The topological polar surface area (TPSA) is 83.3 Å². The Labute approximate surface area is 129 Å². The minimum Gasteiger partial charge on any atom is -0.378 e. The van der Waals surface area contributed by atoms with Crippen LogP contribution in [0.25, 0.3) is 0 Å². The van der Waals surface area contributed by atoms with Gasteiger partial charge in [-0.1, -0.05) is 0 Å². The van der Waals surface area contributed by atoms with Gasteiger partial charge in [0.05, 0.1) is 6.34 Å². The molecule has 0 radical (unpaired) electrons. The van der Waals surface area contributed by atoms with Gasteiger partial charge in [-0.15, -0.1) is 0 Å². The first-order chi connectivity index (χ1) is 10.5. The SMILES string of the molecule is CN(C)C=Nc1n[nH]c(Nc2ccc(N(C)C)cc2)c1C#N. The zero-order valence-electron chi connectivity index (χ0n) is 13.1. The third-order valence-corrected chi connectivity index (χ3v) is 2.92. The van der Waals surface area contributed by atoms with Gasteiger partial charge in [0, 0.05) is 39.6 Å². The first kappa shape index (κ1) is 15.4. The molecule has 0 atom stereocenters. The highest BCUT2D eigenvalue weighted by Crippen LogP contribution is 2.26. The van der Waals surface area contributed by atoms with Crippen molar-refractivity contribution in [2.45, 2.75) is 0 Å². The molecule has 1 aromatic carbocycles. The minimum atomic E-state index is 0.364. The molecule has 0 aliphatic rings. The number of hydrogen-bond donors (Lipinski definition) is 2. The third kappa shape index (κ3) is 3.55. The van der Waals surface area contributed by atoms with Gasteiger partial charge in [-0.25, -0.2) is 4.99 Å². The van der Waals surface area contributed by atoms with E-state index in [1.165, 1.54) is 0 Å². The molecule has 0 amide bonds. The van der Waals surface area contributed by atoms with Crippen molar-refractivity contribution in [2.75, 3.05) is 38.4 Å². The lowest BCUT2D eigenvalue weighted by Crippen LogP contribution is -2.08. The Balaban J connectivity index is 2.21. The molecule has 0 unspecified atom stereocenters. The molecule has 2 N–H and O–H groups in total. The van der Waals surface area contributed by atoms with Gasteiger partial charge in [0.2, 0.25) is 0 Å². The van der Waals surface area contributed by atoms with E-state index in [0.29, 0.717) is 17.2 Å². The molecule has 7 nitrogen and oxygen atoms in total. The van der Waals surface area contributed by atoms with Crippen LogP contribution in [0.2, 0.25) is 0 Å². The predicted octanol–water partition coefficient (Wildman–Crippen LogP) is 2.31. The van der Waals surface area contributed by atoms with Crippen molar-refractivity contribution in [3.63, 3.8) is 0 Å². The van der Waals surface area contributed by atoms with Gasteiger partial charge < -0.3 is 15.1 Å². The highest BCUT2D eigenvalue weighted by Gasteiger charge is 2.12. The van der Waals surface area contributed by atoms with Crippen LogP contribution < -0.4 is 10.2 Å². The fraction of sp³-hybridized carbons (Fsp3) is 0.267. The number of nitrogens with one attached hydrogen (secondary N) is 2. The van der Waals surface area contributed by atoms with Crippen molar-refractivity contribution >= 4 is 29.3 Å². The number of H-pyrrole nitrogens is 1. The van der Waals surface area contributed by atoms with Crippen LogP contribution in [-0.2, 0) is 0 Å². The monoisotopic (exact) mass is 297 g/mol. The molecule has 1 aromatic heterocycles. The maximum Gasteiger partial charge on any atom is 0.195 e. The average molecular weight is 297 g/mol. The van der Waals surface area contributed by atoms with E-state index in [1.807, 2.05) is 57.4 Å². The van der Waals surface area contributed by atoms with E-state index in [2.05, 4.69) is 26.6 Å². The van der Waals surface area contributed by atoms with Crippen molar-refractivity contribution in [2.24, 2.45) is 4.99 Å². The summed E-state index contributed by atoms with van der Waals surface area (Å²) in [5.41, 5.74) is 2.36. The van der Waals surface area contributed by atoms with Gasteiger partial charge in [0.25, 0.3) is 0 Å². The van der Waals surface area contributed by atoms with E-state index in [1.54, 1.807) is 11.2 Å². The van der Waals surface area contributed by atoms with E-state index >= 15 is 0 Å². The second-order valence-electron chi connectivity index (χ2n) is 5.18. The molecule has 22 heavy (non-hydrogen) atoms. The Hall–Kier alpha value is -3.01. The molecule has 0 aliphatic carbocycles. The number of nitrogens with zero attached hydrogens (tertiary/aromatic N) is 5. The van der Waals surface area contributed by atoms with E-state index in [-0.39, 0.29) is 0 Å². The highest BCUT2D eigenvalue weighted by molar-refractivity contribution is 5.72. The summed E-state index contributed by atoms with van der Waals surface area (Å²) in [6, 6.07) is 10.0. The third-order valence-electron chi connectivity index (χ3n) is 2.92.